The zero-order valence-electron chi connectivity index (χ0n) is 13.5. The van der Waals surface area contributed by atoms with Crippen molar-refractivity contribution in [3.63, 3.8) is 0 Å². The van der Waals surface area contributed by atoms with Crippen molar-refractivity contribution in [2.24, 2.45) is 0 Å². The molecule has 0 aromatic heterocycles. The van der Waals surface area contributed by atoms with E-state index in [1.165, 1.54) is 38.5 Å². The van der Waals surface area contributed by atoms with Gasteiger partial charge in [-0.1, -0.05) is 0 Å². The van der Waals surface area contributed by atoms with Crippen LogP contribution in [0.2, 0.25) is 15.8 Å². The first-order chi connectivity index (χ1) is 8.85. The van der Waals surface area contributed by atoms with Crippen molar-refractivity contribution in [2.75, 3.05) is 0 Å². The van der Waals surface area contributed by atoms with Crippen LogP contribution in [0.3, 0.4) is 0 Å². The standard InChI is InChI=1S/C15H34Ge.C2H4/c1-4-7-10-13-16(14-11-8-5-2)15-12-9-6-3;1-2/h16H,4-15H2,1-3H3;1-2H2. The van der Waals surface area contributed by atoms with Crippen molar-refractivity contribution >= 4 is 14.3 Å². The van der Waals surface area contributed by atoms with Gasteiger partial charge >= 0.3 is 109 Å². The molecule has 0 rings (SSSR count). The molecule has 0 aromatic carbocycles. The van der Waals surface area contributed by atoms with Gasteiger partial charge in [0.2, 0.25) is 0 Å². The van der Waals surface area contributed by atoms with E-state index >= 15 is 0 Å². The van der Waals surface area contributed by atoms with Gasteiger partial charge in [0.15, 0.2) is 0 Å². The van der Waals surface area contributed by atoms with Crippen LogP contribution in [-0.4, -0.2) is 14.3 Å². The van der Waals surface area contributed by atoms with Crippen molar-refractivity contribution in [1.82, 2.24) is 0 Å². The Labute approximate surface area is 122 Å². The first-order valence-corrected chi connectivity index (χ1v) is 13.5. The van der Waals surface area contributed by atoms with E-state index in [0.717, 1.165) is 0 Å². The third-order valence-electron chi connectivity index (χ3n) is 3.65. The molecule has 1 heteroatoms. The van der Waals surface area contributed by atoms with Crippen molar-refractivity contribution in [2.45, 2.75) is 94.3 Å². The molecule has 0 saturated carbocycles. The molecule has 0 aliphatic heterocycles. The molecule has 0 unspecified atom stereocenters. The summed E-state index contributed by atoms with van der Waals surface area (Å²) in [5.74, 6) is 0. The zero-order chi connectivity index (χ0) is 14.1. The van der Waals surface area contributed by atoms with Crippen molar-refractivity contribution in [1.29, 1.82) is 0 Å². The van der Waals surface area contributed by atoms with Crippen LogP contribution in [0.15, 0.2) is 13.2 Å². The molecule has 18 heavy (non-hydrogen) atoms. The Hall–Kier alpha value is 0.283. The van der Waals surface area contributed by atoms with Gasteiger partial charge in [-0.3, -0.25) is 0 Å². The van der Waals surface area contributed by atoms with Gasteiger partial charge in [-0.25, -0.2) is 0 Å². The van der Waals surface area contributed by atoms with Gasteiger partial charge in [-0.2, -0.15) is 0 Å². The van der Waals surface area contributed by atoms with Gasteiger partial charge in [-0.15, -0.1) is 13.2 Å². The van der Waals surface area contributed by atoms with Crippen molar-refractivity contribution in [3.05, 3.63) is 13.2 Å². The molecular formula is C17H38Ge. The van der Waals surface area contributed by atoms with E-state index in [1.54, 1.807) is 35.0 Å². The Morgan fingerprint density at radius 2 is 0.833 bits per heavy atom. The molecule has 0 bridgehead atoms. The molecule has 110 valence electrons. The van der Waals surface area contributed by atoms with Crippen LogP contribution in [0, 0.1) is 0 Å². The second-order valence-electron chi connectivity index (χ2n) is 5.35. The number of rotatable bonds is 12. The van der Waals surface area contributed by atoms with Gasteiger partial charge in [-0.05, 0) is 0 Å². The fourth-order valence-corrected chi connectivity index (χ4v) is 9.75. The molecule has 0 nitrogen and oxygen atoms in total. The molecule has 0 atom stereocenters. The number of unbranched alkanes of at least 4 members (excludes halogenated alkanes) is 6. The summed E-state index contributed by atoms with van der Waals surface area (Å²) in [6.07, 6.45) is 13.3. The van der Waals surface area contributed by atoms with Crippen molar-refractivity contribution < 1.29 is 0 Å². The summed E-state index contributed by atoms with van der Waals surface area (Å²) in [6, 6.07) is 0. The minimum atomic E-state index is -0.810. The van der Waals surface area contributed by atoms with Crippen LogP contribution in [-0.2, 0) is 0 Å². The fraction of sp³-hybridized carbons (Fsp3) is 0.882. The minimum absolute atomic E-state index is 0.810. The summed E-state index contributed by atoms with van der Waals surface area (Å²) in [5, 5.41) is 5.07. The molecule has 0 aromatic rings. The molecule has 0 radical (unpaired) electrons. The maximum atomic E-state index is 3.00. The Kier molecular flexibility index (Phi) is 22.4. The van der Waals surface area contributed by atoms with E-state index in [1.807, 2.05) is 0 Å². The topological polar surface area (TPSA) is 0 Å². The van der Waals surface area contributed by atoms with Gasteiger partial charge < -0.3 is 0 Å². The third kappa shape index (κ3) is 16.3. The van der Waals surface area contributed by atoms with E-state index in [0.29, 0.717) is 0 Å². The summed E-state index contributed by atoms with van der Waals surface area (Å²) in [4.78, 5) is 0. The second kappa shape index (κ2) is 19.6. The predicted molar refractivity (Wildman–Crippen MR) is 91.4 cm³/mol. The van der Waals surface area contributed by atoms with E-state index in [4.69, 9.17) is 0 Å². The van der Waals surface area contributed by atoms with E-state index < -0.39 is 14.3 Å². The molecule has 0 saturated heterocycles. The Balaban J connectivity index is 0. The first-order valence-electron chi connectivity index (χ1n) is 8.35. The Bertz CT molecular complexity index is 110. The number of hydrogen-bond acceptors (Lipinski definition) is 0. The summed E-state index contributed by atoms with van der Waals surface area (Å²) in [7, 11) is 0. The SMILES string of the molecule is C=C.CCCC[CH2][GeH]([CH2]CCCC)[CH2]CCCC. The van der Waals surface area contributed by atoms with Crippen LogP contribution in [0.5, 0.6) is 0 Å². The van der Waals surface area contributed by atoms with E-state index in [-0.39, 0.29) is 0 Å². The van der Waals surface area contributed by atoms with Crippen molar-refractivity contribution in [3.8, 4) is 0 Å². The molecule has 0 fully saturated rings. The molecule has 0 aliphatic carbocycles. The summed E-state index contributed by atoms with van der Waals surface area (Å²) in [5.41, 5.74) is 0. The summed E-state index contributed by atoms with van der Waals surface area (Å²) in [6.45, 7) is 13.0. The molecule has 0 heterocycles. The molecule has 0 N–H and O–H groups in total. The third-order valence-corrected chi connectivity index (χ3v) is 11.4. The molecular weight excluding hydrogens is 277 g/mol. The molecule has 0 amide bonds. The van der Waals surface area contributed by atoms with Gasteiger partial charge in [0.05, 0.1) is 0 Å². The van der Waals surface area contributed by atoms with Crippen LogP contribution < -0.4 is 0 Å². The summed E-state index contributed by atoms with van der Waals surface area (Å²) >= 11 is -0.810. The van der Waals surface area contributed by atoms with Gasteiger partial charge in [0.1, 0.15) is 0 Å². The van der Waals surface area contributed by atoms with Gasteiger partial charge in [0, 0.05) is 0 Å². The normalized spacial score (nSPS) is 10.2. The second-order valence-corrected chi connectivity index (χ2v) is 12.6. The quantitative estimate of drug-likeness (QED) is 0.216. The van der Waals surface area contributed by atoms with Crippen LogP contribution >= 0.6 is 0 Å². The van der Waals surface area contributed by atoms with Crippen LogP contribution in [0.1, 0.15) is 78.6 Å². The average Bonchev–Trinajstić information content (AvgIpc) is 2.41. The zero-order valence-corrected chi connectivity index (χ0v) is 15.9. The summed E-state index contributed by atoms with van der Waals surface area (Å²) < 4.78 is 0. The Morgan fingerprint density at radius 3 is 1.06 bits per heavy atom. The molecule has 0 aliphatic rings. The average molecular weight is 315 g/mol. The van der Waals surface area contributed by atoms with Crippen LogP contribution in [0.25, 0.3) is 0 Å². The van der Waals surface area contributed by atoms with E-state index in [9.17, 15) is 0 Å². The van der Waals surface area contributed by atoms with E-state index in [2.05, 4.69) is 33.9 Å². The predicted octanol–water partition coefficient (Wildman–Crippen LogP) is 6.59. The Morgan fingerprint density at radius 1 is 0.556 bits per heavy atom. The molecule has 0 spiro atoms. The first kappa shape index (κ1) is 20.6. The maximum absolute atomic E-state index is 3.00. The monoisotopic (exact) mass is 316 g/mol. The van der Waals surface area contributed by atoms with Crippen LogP contribution in [0.4, 0.5) is 0 Å². The number of hydrogen-bond donors (Lipinski definition) is 0. The van der Waals surface area contributed by atoms with Gasteiger partial charge in [0.25, 0.3) is 0 Å². The fourth-order valence-electron chi connectivity index (χ4n) is 2.48.